The first-order valence-electron chi connectivity index (χ1n) is 37.5. The van der Waals surface area contributed by atoms with Crippen molar-refractivity contribution in [3.05, 3.63) is 0 Å². The molecule has 0 heterocycles. The van der Waals surface area contributed by atoms with Gasteiger partial charge < -0.3 is 9.59 Å². The van der Waals surface area contributed by atoms with Crippen LogP contribution in [0.25, 0.3) is 0 Å². The Balaban J connectivity index is 0.000000170. The number of hydrogen-bond donors (Lipinski definition) is 0. The van der Waals surface area contributed by atoms with Crippen LogP contribution in [0.15, 0.2) is 0 Å². The topological polar surface area (TPSA) is 34.1 Å². The molecule has 0 spiro atoms. The van der Waals surface area contributed by atoms with E-state index in [1.807, 2.05) is 13.6 Å². The minimum Gasteiger partial charge on any atom is -0.307 e. The van der Waals surface area contributed by atoms with Gasteiger partial charge >= 0.3 is 0 Å². The van der Waals surface area contributed by atoms with Crippen LogP contribution in [0.3, 0.4) is 0 Å². The predicted octanol–water partition coefficient (Wildman–Crippen LogP) is 25.5. The van der Waals surface area contributed by atoms with E-state index in [0.29, 0.717) is 31.7 Å². The van der Waals surface area contributed by atoms with Crippen LogP contribution < -0.4 is 0 Å². The van der Waals surface area contributed by atoms with Crippen molar-refractivity contribution in [2.45, 2.75) is 453 Å². The monoisotopic (exact) mass is 1360 g/mol. The summed E-state index contributed by atoms with van der Waals surface area (Å²) in [5.41, 5.74) is 14.3. The smallest absolute Gasteiger partial charge is 0.106 e. The summed E-state index contributed by atoms with van der Waals surface area (Å²) < 4.78 is 0. The number of carbonyl (C=O) groups excluding carboxylic acids is 2. The molecule has 12 aliphatic rings. The molecular weight excluding hydrogens is 1230 g/mol. The van der Waals surface area contributed by atoms with Crippen LogP contribution in [0.4, 0.5) is 0 Å². The Morgan fingerprint density at radius 1 is 0.136 bits per heavy atom. The van der Waals surface area contributed by atoms with Crippen molar-refractivity contribution in [3.8, 4) is 0 Å². The molecule has 0 atom stereocenters. The molecule has 0 radical (unpaired) electrons. The van der Waals surface area contributed by atoms with E-state index in [9.17, 15) is 0 Å². The Labute approximate surface area is 525 Å². The van der Waals surface area contributed by atoms with E-state index in [0.717, 1.165) is 0 Å². The van der Waals surface area contributed by atoms with Crippen molar-refractivity contribution in [2.24, 2.45) is 0 Å². The summed E-state index contributed by atoms with van der Waals surface area (Å²) in [5.74, 6) is 0. The normalized spacial score (nSPS) is 27.2. The van der Waals surface area contributed by atoms with Crippen molar-refractivity contribution < 1.29 is 30.7 Å². The van der Waals surface area contributed by atoms with Gasteiger partial charge in [0.05, 0.1) is 0 Å². The number of carbonyl (C=O) groups is 2. The Bertz CT molecular complexity index is 1070. The number of rotatable bonds is 12. The number of hydrogen-bond acceptors (Lipinski definition) is 2. The van der Waals surface area contributed by atoms with E-state index in [1.54, 1.807) is 308 Å². The van der Waals surface area contributed by atoms with Gasteiger partial charge in [0.2, 0.25) is 0 Å². The summed E-state index contributed by atoms with van der Waals surface area (Å²) in [4.78, 5) is 16.0. The van der Waals surface area contributed by atoms with E-state index >= 15 is 0 Å². The van der Waals surface area contributed by atoms with Crippen LogP contribution in [-0.4, -0.2) is 81.5 Å². The van der Waals surface area contributed by atoms with Gasteiger partial charge in [0.1, 0.15) is 13.6 Å². The van der Waals surface area contributed by atoms with Crippen LogP contribution in [0.5, 0.6) is 0 Å². The van der Waals surface area contributed by atoms with Crippen LogP contribution >= 0.6 is 31.7 Å². The van der Waals surface area contributed by atoms with E-state index < -0.39 is 0 Å². The van der Waals surface area contributed by atoms with Crippen molar-refractivity contribution >= 4 is 45.3 Å². The molecule has 0 aliphatic heterocycles. The first-order chi connectivity index (χ1) is 39.8. The fraction of sp³-hybridized carbons (Fsp3) is 0.973. The summed E-state index contributed by atoms with van der Waals surface area (Å²) in [7, 11) is 1.54. The molecule has 0 N–H and O–H groups in total. The average Bonchev–Trinajstić information content (AvgIpc) is 3.57. The molecule has 0 aromatic heterocycles. The molecular formula is C74H136O2P4W. The van der Waals surface area contributed by atoms with Gasteiger partial charge in [-0.3, -0.25) is 0 Å². The molecule has 0 aromatic carbocycles. The molecule has 2 nitrogen and oxygen atoms in total. The molecule has 0 saturated heterocycles. The van der Waals surface area contributed by atoms with E-state index in [-0.39, 0.29) is 21.1 Å². The van der Waals surface area contributed by atoms with Gasteiger partial charge in [-0.1, -0.05) is 263 Å². The largest absolute Gasteiger partial charge is 0.307 e. The fourth-order valence-electron chi connectivity index (χ4n) is 20.1. The van der Waals surface area contributed by atoms with E-state index in [1.165, 1.54) is 145 Å². The SMILES string of the molecule is C1CCC(P(C2CCCCC2)C2CCCCC2)CC1.C1CCC(P(C2CCCCC2)C2CCCCC2)CC1.C1CCC(P(C2CCCCC2)C2CCCCC2)CC1.C1CCC(P(C2CCCCC2)C2CCCCC2)CC1.C=O.C=O.[W]. The average molecular weight is 1370 g/mol. The predicted molar refractivity (Wildman–Crippen MR) is 364 cm³/mol. The van der Waals surface area contributed by atoms with Gasteiger partial charge in [-0.15, -0.1) is 0 Å². The Kier molecular flexibility index (Phi) is 39.2. The van der Waals surface area contributed by atoms with Crippen molar-refractivity contribution in [3.63, 3.8) is 0 Å². The summed E-state index contributed by atoms with van der Waals surface area (Å²) in [6.07, 6.45) is 94.5. The zero-order valence-electron chi connectivity index (χ0n) is 53.8. The summed E-state index contributed by atoms with van der Waals surface area (Å²) in [6, 6.07) is 0. The van der Waals surface area contributed by atoms with Crippen LogP contribution in [0.1, 0.15) is 385 Å². The summed E-state index contributed by atoms with van der Waals surface area (Å²) >= 11 is 0. The van der Waals surface area contributed by atoms with Crippen molar-refractivity contribution in [1.29, 1.82) is 0 Å². The first kappa shape index (κ1) is 71.8. The van der Waals surface area contributed by atoms with Crippen LogP contribution in [0, 0.1) is 0 Å². The van der Waals surface area contributed by atoms with Gasteiger partial charge in [-0.25, -0.2) is 0 Å². The second kappa shape index (κ2) is 44.3. The Morgan fingerprint density at radius 2 is 0.198 bits per heavy atom. The minimum absolute atomic E-state index is 0. The third-order valence-electron chi connectivity index (χ3n) is 24.0. The molecule has 7 heteroatoms. The Hall–Kier alpha value is 1.75. The van der Waals surface area contributed by atoms with Gasteiger partial charge in [-0.05, 0) is 222 Å². The quantitative estimate of drug-likeness (QED) is 0.183. The van der Waals surface area contributed by atoms with Crippen molar-refractivity contribution in [2.75, 3.05) is 0 Å². The zero-order chi connectivity index (χ0) is 55.7. The molecule has 0 aromatic rings. The molecule has 0 unspecified atom stereocenters. The summed E-state index contributed by atoms with van der Waals surface area (Å²) in [6.45, 7) is 4.00. The van der Waals surface area contributed by atoms with Crippen LogP contribution in [0.2, 0.25) is 0 Å². The maximum atomic E-state index is 8.00. The molecule has 470 valence electrons. The van der Waals surface area contributed by atoms with Gasteiger partial charge in [0.15, 0.2) is 0 Å². The molecule has 0 amide bonds. The molecule has 12 fully saturated rings. The maximum absolute atomic E-state index is 8.00. The first-order valence-corrected chi connectivity index (χ1v) is 43.7. The third kappa shape index (κ3) is 24.5. The molecule has 12 rings (SSSR count). The molecule has 0 bridgehead atoms. The van der Waals surface area contributed by atoms with Gasteiger partial charge in [0.25, 0.3) is 0 Å². The fourth-order valence-corrected chi connectivity index (χ4v) is 38.8. The summed E-state index contributed by atoms with van der Waals surface area (Å²) in [5, 5.41) is 0. The zero-order valence-corrected chi connectivity index (χ0v) is 60.3. The standard InChI is InChI=1S/4C18H33P.2CH2O.W/c4*1-4-10-16(11-5-1)19(17-12-6-2-7-13-17)18-14-8-3-9-15-18;2*1-2;/h4*16-18H,1-15H2;2*1H2;. The Morgan fingerprint density at radius 3 is 0.259 bits per heavy atom. The van der Waals surface area contributed by atoms with E-state index in [4.69, 9.17) is 9.59 Å². The third-order valence-corrected chi connectivity index (χ3v) is 40.3. The van der Waals surface area contributed by atoms with Crippen molar-refractivity contribution in [1.82, 2.24) is 0 Å². The van der Waals surface area contributed by atoms with Gasteiger partial charge in [-0.2, -0.15) is 0 Å². The van der Waals surface area contributed by atoms with E-state index in [2.05, 4.69) is 0 Å². The molecule has 12 aliphatic carbocycles. The van der Waals surface area contributed by atoms with Crippen LogP contribution in [-0.2, 0) is 30.7 Å². The molecule has 81 heavy (non-hydrogen) atoms. The second-order valence-corrected chi connectivity index (χ2v) is 41.6. The second-order valence-electron chi connectivity index (χ2n) is 29.3. The minimum atomic E-state index is 0. The maximum Gasteiger partial charge on any atom is 0.106 e. The van der Waals surface area contributed by atoms with Gasteiger partial charge in [0, 0.05) is 21.1 Å². The molecule has 12 saturated carbocycles.